The number of anilines is 1. The SMILES string of the molecule is CCCCOc1ccc(C(=O)Nc2sc3c(c2C(=O)OCC)CCN(C(=O)OC)C3)cc1. The number of unbranched alkanes of at least 4 members (excludes halogenated alkanes) is 1. The normalized spacial score (nSPS) is 12.7. The van der Waals surface area contributed by atoms with Gasteiger partial charge in [-0.2, -0.15) is 0 Å². The summed E-state index contributed by atoms with van der Waals surface area (Å²) in [5.41, 5.74) is 1.62. The van der Waals surface area contributed by atoms with E-state index in [-0.39, 0.29) is 12.5 Å². The van der Waals surface area contributed by atoms with E-state index in [9.17, 15) is 14.4 Å². The number of nitrogens with one attached hydrogen (secondary N) is 1. The summed E-state index contributed by atoms with van der Waals surface area (Å²) in [6.45, 7) is 5.43. The standard InChI is InChI=1S/C23H28N2O6S/c1-4-6-13-31-16-9-7-15(8-10-16)20(26)24-21-19(22(27)30-5-2)17-11-12-25(23(28)29-3)14-18(17)32-21/h7-10H,4-6,11-14H2,1-3H3,(H,24,26). The first-order valence-electron chi connectivity index (χ1n) is 10.7. The molecule has 2 aromatic rings. The van der Waals surface area contributed by atoms with Crippen molar-refractivity contribution < 1.29 is 28.6 Å². The van der Waals surface area contributed by atoms with Gasteiger partial charge in [-0.1, -0.05) is 13.3 Å². The van der Waals surface area contributed by atoms with Gasteiger partial charge in [0.25, 0.3) is 5.91 Å². The molecule has 1 aromatic carbocycles. The Morgan fingerprint density at radius 2 is 1.91 bits per heavy atom. The third-order valence-electron chi connectivity index (χ3n) is 5.08. The van der Waals surface area contributed by atoms with E-state index in [0.717, 1.165) is 23.3 Å². The Morgan fingerprint density at radius 3 is 2.56 bits per heavy atom. The lowest BCUT2D eigenvalue weighted by Gasteiger charge is -2.25. The molecule has 3 rings (SSSR count). The molecule has 8 nitrogen and oxygen atoms in total. The zero-order chi connectivity index (χ0) is 23.1. The molecule has 0 saturated carbocycles. The van der Waals surface area contributed by atoms with Crippen molar-refractivity contribution in [2.24, 2.45) is 0 Å². The van der Waals surface area contributed by atoms with E-state index in [1.54, 1.807) is 36.1 Å². The molecule has 0 spiro atoms. The number of rotatable bonds is 8. The molecule has 1 aliphatic heterocycles. The molecule has 0 bridgehead atoms. The zero-order valence-corrected chi connectivity index (χ0v) is 19.4. The van der Waals surface area contributed by atoms with Crippen LogP contribution in [0.2, 0.25) is 0 Å². The van der Waals surface area contributed by atoms with Gasteiger partial charge in [-0.05, 0) is 49.6 Å². The topological polar surface area (TPSA) is 94.2 Å². The minimum Gasteiger partial charge on any atom is -0.494 e. The van der Waals surface area contributed by atoms with E-state index >= 15 is 0 Å². The quantitative estimate of drug-likeness (QED) is 0.461. The highest BCUT2D eigenvalue weighted by Crippen LogP contribution is 2.38. The van der Waals surface area contributed by atoms with E-state index in [1.165, 1.54) is 18.4 Å². The van der Waals surface area contributed by atoms with Gasteiger partial charge in [-0.15, -0.1) is 11.3 Å². The smallest absolute Gasteiger partial charge is 0.409 e. The van der Waals surface area contributed by atoms with Gasteiger partial charge in [0.2, 0.25) is 0 Å². The molecule has 1 aliphatic rings. The largest absolute Gasteiger partial charge is 0.494 e. The monoisotopic (exact) mass is 460 g/mol. The van der Waals surface area contributed by atoms with E-state index in [2.05, 4.69) is 12.2 Å². The summed E-state index contributed by atoms with van der Waals surface area (Å²) in [5.74, 6) is -0.109. The number of nitrogens with zero attached hydrogens (tertiary/aromatic N) is 1. The molecule has 0 unspecified atom stereocenters. The molecule has 1 aromatic heterocycles. The number of thiophene rings is 1. The third-order valence-corrected chi connectivity index (χ3v) is 6.21. The molecule has 32 heavy (non-hydrogen) atoms. The molecular weight excluding hydrogens is 432 g/mol. The van der Waals surface area contributed by atoms with Crippen molar-refractivity contribution in [1.29, 1.82) is 0 Å². The first-order chi connectivity index (χ1) is 15.5. The molecule has 0 saturated heterocycles. The van der Waals surface area contributed by atoms with Gasteiger partial charge in [0.1, 0.15) is 10.8 Å². The van der Waals surface area contributed by atoms with Crippen molar-refractivity contribution in [1.82, 2.24) is 4.90 Å². The minimum absolute atomic E-state index is 0.227. The number of carbonyl (C=O) groups is 3. The Kier molecular flexibility index (Phi) is 8.10. The highest BCUT2D eigenvalue weighted by molar-refractivity contribution is 7.17. The van der Waals surface area contributed by atoms with Crippen molar-refractivity contribution in [2.75, 3.05) is 32.2 Å². The molecule has 2 heterocycles. The Hall–Kier alpha value is -3.07. The minimum atomic E-state index is -0.480. The second-order valence-electron chi connectivity index (χ2n) is 7.25. The fourth-order valence-electron chi connectivity index (χ4n) is 3.41. The summed E-state index contributed by atoms with van der Waals surface area (Å²) >= 11 is 1.28. The summed E-state index contributed by atoms with van der Waals surface area (Å²) < 4.78 is 15.7. The van der Waals surface area contributed by atoms with Crippen LogP contribution < -0.4 is 10.1 Å². The third kappa shape index (κ3) is 5.40. The summed E-state index contributed by atoms with van der Waals surface area (Å²) in [4.78, 5) is 39.9. The maximum Gasteiger partial charge on any atom is 0.409 e. The average Bonchev–Trinajstić information content (AvgIpc) is 3.16. The van der Waals surface area contributed by atoms with Crippen LogP contribution in [0.4, 0.5) is 9.80 Å². The fourth-order valence-corrected chi connectivity index (χ4v) is 4.65. The van der Waals surface area contributed by atoms with Gasteiger partial charge < -0.3 is 24.4 Å². The van der Waals surface area contributed by atoms with Crippen molar-refractivity contribution in [3.05, 3.63) is 45.8 Å². The van der Waals surface area contributed by atoms with E-state index < -0.39 is 12.1 Å². The van der Waals surface area contributed by atoms with Crippen LogP contribution in [-0.2, 0) is 22.4 Å². The van der Waals surface area contributed by atoms with Crippen LogP contribution in [0.25, 0.3) is 0 Å². The van der Waals surface area contributed by atoms with Crippen LogP contribution in [0.15, 0.2) is 24.3 Å². The fraction of sp³-hybridized carbons (Fsp3) is 0.435. The highest BCUT2D eigenvalue weighted by atomic mass is 32.1. The van der Waals surface area contributed by atoms with Gasteiger partial charge in [-0.25, -0.2) is 9.59 Å². The van der Waals surface area contributed by atoms with Crippen molar-refractivity contribution >= 4 is 34.3 Å². The van der Waals surface area contributed by atoms with Gasteiger partial charge in [0, 0.05) is 17.0 Å². The maximum absolute atomic E-state index is 12.9. The van der Waals surface area contributed by atoms with Gasteiger partial charge in [-0.3, -0.25) is 4.79 Å². The van der Waals surface area contributed by atoms with Gasteiger partial charge in [0.15, 0.2) is 0 Å². The van der Waals surface area contributed by atoms with Crippen molar-refractivity contribution in [3.8, 4) is 5.75 Å². The molecular formula is C23H28N2O6S. The number of carbonyl (C=O) groups excluding carboxylic acids is 3. The lowest BCUT2D eigenvalue weighted by atomic mass is 10.0. The lowest BCUT2D eigenvalue weighted by Crippen LogP contribution is -2.35. The number of ether oxygens (including phenoxy) is 3. The number of hydrogen-bond acceptors (Lipinski definition) is 7. The molecule has 172 valence electrons. The number of fused-ring (bicyclic) bond motifs is 1. The molecule has 9 heteroatoms. The maximum atomic E-state index is 12.9. The predicted octanol–water partition coefficient (Wildman–Crippen LogP) is 4.48. The second-order valence-corrected chi connectivity index (χ2v) is 8.36. The molecule has 1 N–H and O–H groups in total. The summed E-state index contributed by atoms with van der Waals surface area (Å²) in [7, 11) is 1.34. The number of methoxy groups -OCH3 is 1. The predicted molar refractivity (Wildman–Crippen MR) is 122 cm³/mol. The number of benzene rings is 1. The molecule has 0 radical (unpaired) electrons. The first-order valence-corrected chi connectivity index (χ1v) is 11.5. The Morgan fingerprint density at radius 1 is 1.16 bits per heavy atom. The summed E-state index contributed by atoms with van der Waals surface area (Å²) in [5, 5.41) is 3.28. The van der Waals surface area contributed by atoms with Crippen LogP contribution in [0.1, 0.15) is 57.8 Å². The number of esters is 1. The Balaban J connectivity index is 1.80. The lowest BCUT2D eigenvalue weighted by molar-refractivity contribution is 0.0526. The van der Waals surface area contributed by atoms with E-state index in [1.807, 2.05) is 0 Å². The average molecular weight is 461 g/mol. The van der Waals surface area contributed by atoms with Crippen LogP contribution in [-0.4, -0.2) is 49.7 Å². The van der Waals surface area contributed by atoms with Crippen molar-refractivity contribution in [2.45, 2.75) is 39.7 Å². The molecule has 0 aliphatic carbocycles. The number of amides is 2. The molecule has 2 amide bonds. The van der Waals surface area contributed by atoms with Crippen LogP contribution in [0.3, 0.4) is 0 Å². The second kappa shape index (κ2) is 11.0. The zero-order valence-electron chi connectivity index (χ0n) is 18.6. The van der Waals surface area contributed by atoms with Crippen molar-refractivity contribution in [3.63, 3.8) is 0 Å². The highest BCUT2D eigenvalue weighted by Gasteiger charge is 2.31. The Bertz CT molecular complexity index is 970. The summed E-state index contributed by atoms with van der Waals surface area (Å²) in [6, 6.07) is 6.88. The first kappa shape index (κ1) is 23.6. The van der Waals surface area contributed by atoms with Gasteiger partial charge in [0.05, 0.1) is 32.4 Å². The van der Waals surface area contributed by atoms with Crippen LogP contribution in [0, 0.1) is 0 Å². The molecule has 0 fully saturated rings. The number of hydrogen-bond donors (Lipinski definition) is 1. The van der Waals surface area contributed by atoms with E-state index in [0.29, 0.717) is 48.0 Å². The Labute approximate surface area is 191 Å². The van der Waals surface area contributed by atoms with Crippen LogP contribution in [0.5, 0.6) is 5.75 Å². The van der Waals surface area contributed by atoms with Gasteiger partial charge >= 0.3 is 12.1 Å². The molecule has 0 atom stereocenters. The van der Waals surface area contributed by atoms with E-state index in [4.69, 9.17) is 14.2 Å². The van der Waals surface area contributed by atoms with Crippen LogP contribution >= 0.6 is 11.3 Å². The summed E-state index contributed by atoms with van der Waals surface area (Å²) in [6.07, 6.45) is 2.07.